The summed E-state index contributed by atoms with van der Waals surface area (Å²) in [5.74, 6) is 0. The van der Waals surface area contributed by atoms with Crippen LogP contribution in [-0.4, -0.2) is 26.7 Å². The number of rotatable bonds is 2. The Bertz CT molecular complexity index is 814. The van der Waals surface area contributed by atoms with Crippen LogP contribution in [0, 0.1) is 5.21 Å². The summed E-state index contributed by atoms with van der Waals surface area (Å²) in [5.41, 5.74) is -0.443. The van der Waals surface area contributed by atoms with Crippen molar-refractivity contribution in [3.05, 3.63) is 59.3 Å². The van der Waals surface area contributed by atoms with E-state index in [9.17, 15) is 10.4 Å². The second-order valence-electron chi connectivity index (χ2n) is 6.93. The number of hydrogen-bond acceptors (Lipinski definition) is 2. The van der Waals surface area contributed by atoms with Gasteiger partial charge in [0, 0.05) is 19.9 Å². The van der Waals surface area contributed by atoms with Crippen LogP contribution in [-0.2, 0) is 5.21 Å². The van der Waals surface area contributed by atoms with E-state index in [-0.39, 0.29) is 0 Å². The van der Waals surface area contributed by atoms with Crippen LogP contribution in [0.1, 0.15) is 33.3 Å². The topological polar surface area (TPSA) is 49.2 Å². The summed E-state index contributed by atoms with van der Waals surface area (Å²) in [6.45, 7) is 6.85. The molecule has 119 valence electrons. The Balaban J connectivity index is 2.07. The van der Waals surface area contributed by atoms with Gasteiger partial charge in [-0.15, -0.1) is 5.21 Å². The average molecular weight is 309 g/mol. The summed E-state index contributed by atoms with van der Waals surface area (Å²) >= 11 is 0. The highest BCUT2D eigenvalue weighted by Gasteiger charge is 2.56. The highest BCUT2D eigenvalue weighted by atomic mass is 16.6. The number of fused-ring (bicyclic) bond motifs is 1. The fourth-order valence-electron chi connectivity index (χ4n) is 3.25. The van der Waals surface area contributed by atoms with Gasteiger partial charge in [0.25, 0.3) is 0 Å². The van der Waals surface area contributed by atoms with Gasteiger partial charge in [-0.2, -0.15) is 4.74 Å². The highest BCUT2D eigenvalue weighted by molar-refractivity contribution is 6.03. The van der Waals surface area contributed by atoms with Crippen molar-refractivity contribution in [2.75, 3.05) is 0 Å². The van der Waals surface area contributed by atoms with Gasteiger partial charge in [-0.05, 0) is 36.3 Å². The maximum atomic E-state index is 12.5. The van der Waals surface area contributed by atoms with E-state index in [4.69, 9.17) is 0 Å². The lowest BCUT2D eigenvalue weighted by atomic mass is 9.96. The first-order chi connectivity index (χ1) is 10.8. The quantitative estimate of drug-likeness (QED) is 0.622. The molecule has 0 spiro atoms. The Morgan fingerprint density at radius 2 is 1.65 bits per heavy atom. The van der Waals surface area contributed by atoms with Crippen molar-refractivity contribution in [1.29, 1.82) is 0 Å². The van der Waals surface area contributed by atoms with Gasteiger partial charge in [-0.3, -0.25) is 0 Å². The standard InChI is InChI=1S/C19H21N2O2/c1-18(2)17(20(22)19(3,4)21(18)23)13-12-15-10-7-9-14-8-5-6-11-16(14)15/h5-13H,1-4H3/b13-12+. The van der Waals surface area contributed by atoms with Crippen molar-refractivity contribution in [3.8, 4) is 0 Å². The monoisotopic (exact) mass is 309 g/mol. The predicted molar refractivity (Wildman–Crippen MR) is 92.3 cm³/mol. The number of hydroxylamine groups is 3. The van der Waals surface area contributed by atoms with Gasteiger partial charge in [0.2, 0.25) is 11.4 Å². The molecule has 2 aromatic carbocycles. The van der Waals surface area contributed by atoms with Crippen molar-refractivity contribution in [1.82, 2.24) is 5.06 Å². The second-order valence-corrected chi connectivity index (χ2v) is 6.93. The summed E-state index contributed by atoms with van der Waals surface area (Å²) < 4.78 is 0.821. The van der Waals surface area contributed by atoms with Crippen molar-refractivity contribution >= 4 is 22.6 Å². The third-order valence-electron chi connectivity index (χ3n) is 4.59. The van der Waals surface area contributed by atoms with Crippen LogP contribution in [0.5, 0.6) is 0 Å². The molecule has 0 aliphatic carbocycles. The molecule has 0 saturated carbocycles. The van der Waals surface area contributed by atoms with Gasteiger partial charge in [-0.1, -0.05) is 47.5 Å². The molecule has 0 amide bonds. The zero-order chi connectivity index (χ0) is 16.8. The van der Waals surface area contributed by atoms with Gasteiger partial charge in [0.05, 0.1) is 0 Å². The molecule has 0 fully saturated rings. The van der Waals surface area contributed by atoms with Gasteiger partial charge >= 0.3 is 0 Å². The predicted octanol–water partition coefficient (Wildman–Crippen LogP) is 3.98. The average Bonchev–Trinajstić information content (AvgIpc) is 2.64. The van der Waals surface area contributed by atoms with Gasteiger partial charge in [-0.25, -0.2) is 0 Å². The molecule has 0 unspecified atom stereocenters. The first-order valence-corrected chi connectivity index (χ1v) is 7.74. The van der Waals surface area contributed by atoms with E-state index in [1.165, 1.54) is 0 Å². The van der Waals surface area contributed by atoms with E-state index >= 15 is 0 Å². The van der Waals surface area contributed by atoms with E-state index in [0.717, 1.165) is 26.1 Å². The molecular weight excluding hydrogens is 288 g/mol. The van der Waals surface area contributed by atoms with E-state index < -0.39 is 11.2 Å². The van der Waals surface area contributed by atoms with Gasteiger partial charge < -0.3 is 5.21 Å². The maximum Gasteiger partial charge on any atom is 0.248 e. The number of benzene rings is 2. The summed E-state index contributed by atoms with van der Waals surface area (Å²) in [7, 11) is 0. The zero-order valence-electron chi connectivity index (χ0n) is 13.9. The normalized spacial score (nSPS) is 20.7. The Morgan fingerprint density at radius 1 is 1.00 bits per heavy atom. The molecule has 0 atom stereocenters. The highest BCUT2D eigenvalue weighted by Crippen LogP contribution is 2.33. The first kappa shape index (κ1) is 15.7. The molecule has 2 aromatic rings. The summed E-state index contributed by atoms with van der Waals surface area (Å²) in [6.07, 6.45) is 3.69. The smallest absolute Gasteiger partial charge is 0.248 e. The molecule has 0 bridgehead atoms. The first-order valence-electron chi connectivity index (χ1n) is 7.74. The van der Waals surface area contributed by atoms with E-state index in [1.807, 2.05) is 30.3 Å². The van der Waals surface area contributed by atoms with Gasteiger partial charge in [0.1, 0.15) is 5.54 Å². The molecule has 1 aliphatic heterocycles. The van der Waals surface area contributed by atoms with Crippen LogP contribution >= 0.6 is 0 Å². The van der Waals surface area contributed by atoms with E-state index in [0.29, 0.717) is 5.71 Å². The molecular formula is C19H21N2O2. The van der Waals surface area contributed by atoms with Gasteiger partial charge in [0.15, 0.2) is 0 Å². The largest absolute Gasteiger partial charge is 0.622 e. The van der Waals surface area contributed by atoms with Crippen molar-refractivity contribution < 1.29 is 9.95 Å². The SMILES string of the molecule is CC1(C)C(/C=C/c2cccc3ccccc23)=[N+]([O-])C(C)(C)N1[O]. The van der Waals surface area contributed by atoms with Crippen LogP contribution < -0.4 is 0 Å². The Kier molecular flexibility index (Phi) is 3.54. The minimum absolute atomic E-state index is 0.477. The van der Waals surface area contributed by atoms with Crippen LogP contribution in [0.25, 0.3) is 16.8 Å². The molecule has 0 aromatic heterocycles. The molecule has 4 nitrogen and oxygen atoms in total. The molecule has 0 saturated heterocycles. The van der Waals surface area contributed by atoms with Crippen molar-refractivity contribution in [3.63, 3.8) is 0 Å². The zero-order valence-corrected chi connectivity index (χ0v) is 13.9. The van der Waals surface area contributed by atoms with Crippen LogP contribution in [0.15, 0.2) is 48.5 Å². The van der Waals surface area contributed by atoms with Crippen LogP contribution in [0.4, 0.5) is 0 Å². The number of hydrogen-bond donors (Lipinski definition) is 0. The molecule has 1 radical (unpaired) electrons. The summed E-state index contributed by atoms with van der Waals surface area (Å²) in [4.78, 5) is 0. The Labute approximate surface area is 136 Å². The minimum atomic E-state index is -1.10. The fraction of sp³-hybridized carbons (Fsp3) is 0.316. The van der Waals surface area contributed by atoms with Crippen LogP contribution in [0.3, 0.4) is 0 Å². The van der Waals surface area contributed by atoms with E-state index in [1.54, 1.807) is 33.8 Å². The van der Waals surface area contributed by atoms with E-state index in [2.05, 4.69) is 18.2 Å². The fourth-order valence-corrected chi connectivity index (χ4v) is 3.25. The number of nitrogens with zero attached hydrogens (tertiary/aromatic N) is 2. The summed E-state index contributed by atoms with van der Waals surface area (Å²) in [5, 5.41) is 28.1. The molecule has 23 heavy (non-hydrogen) atoms. The third-order valence-corrected chi connectivity index (χ3v) is 4.59. The second kappa shape index (κ2) is 5.18. The van der Waals surface area contributed by atoms with Crippen LogP contribution in [0.2, 0.25) is 0 Å². The molecule has 0 N–H and O–H groups in total. The molecule has 3 rings (SSSR count). The molecule has 1 heterocycles. The lowest BCUT2D eigenvalue weighted by Gasteiger charge is -2.27. The Morgan fingerprint density at radius 3 is 2.30 bits per heavy atom. The summed E-state index contributed by atoms with van der Waals surface area (Å²) in [6, 6.07) is 14.2. The minimum Gasteiger partial charge on any atom is -0.622 e. The van der Waals surface area contributed by atoms with Crippen molar-refractivity contribution in [2.45, 2.75) is 38.9 Å². The maximum absolute atomic E-state index is 12.5. The lowest BCUT2D eigenvalue weighted by Crippen LogP contribution is -2.50. The third kappa shape index (κ3) is 2.35. The Hall–Kier alpha value is -2.17. The molecule has 1 aliphatic rings. The van der Waals surface area contributed by atoms with Crippen molar-refractivity contribution in [2.24, 2.45) is 0 Å². The lowest BCUT2D eigenvalue weighted by molar-refractivity contribution is -0.586. The molecule has 4 heteroatoms.